The first-order valence-corrected chi connectivity index (χ1v) is 17.1. The minimum Gasteiger partial charge on any atom is -0.481 e. The zero-order chi connectivity index (χ0) is 36.4. The van der Waals surface area contributed by atoms with Gasteiger partial charge in [0, 0.05) is 25.4 Å². The van der Waals surface area contributed by atoms with Crippen LogP contribution >= 0.6 is 0 Å². The van der Waals surface area contributed by atoms with E-state index in [-0.39, 0.29) is 61.4 Å². The smallest absolute Gasteiger partial charge is 0.303 e. The van der Waals surface area contributed by atoms with Crippen molar-refractivity contribution in [3.8, 4) is 0 Å². The van der Waals surface area contributed by atoms with Crippen molar-refractivity contribution in [2.75, 3.05) is 6.54 Å². The Balaban J connectivity index is 2.86. The molecule has 0 bridgehead atoms. The minimum absolute atomic E-state index is 0.0177. The number of rotatable bonds is 23. The lowest BCUT2D eigenvalue weighted by Crippen LogP contribution is -2.57. The zero-order valence-corrected chi connectivity index (χ0v) is 29.7. The van der Waals surface area contributed by atoms with Gasteiger partial charge in [-0.05, 0) is 56.1 Å². The number of amides is 5. The molecule has 270 valence electrons. The lowest BCUT2D eigenvalue weighted by atomic mass is 9.97. The van der Waals surface area contributed by atoms with E-state index in [1.54, 1.807) is 6.92 Å². The van der Waals surface area contributed by atoms with Crippen LogP contribution in [0.25, 0.3) is 0 Å². The van der Waals surface area contributed by atoms with Gasteiger partial charge in [0.25, 0.3) is 0 Å². The number of carbonyl (C=O) groups is 6. The van der Waals surface area contributed by atoms with E-state index >= 15 is 0 Å². The molecule has 1 aromatic rings. The van der Waals surface area contributed by atoms with Crippen molar-refractivity contribution in [3.63, 3.8) is 0 Å². The monoisotopic (exact) mass is 674 g/mol. The van der Waals surface area contributed by atoms with Crippen molar-refractivity contribution in [1.29, 1.82) is 0 Å². The van der Waals surface area contributed by atoms with Crippen LogP contribution < -0.4 is 32.3 Å². The second kappa shape index (κ2) is 21.8. The highest BCUT2D eigenvalue weighted by atomic mass is 16.4. The minimum atomic E-state index is -0.993. The third kappa shape index (κ3) is 16.2. The molecule has 0 spiro atoms. The predicted octanol–water partition coefficient (Wildman–Crippen LogP) is 2.47. The maximum atomic E-state index is 13.5. The van der Waals surface area contributed by atoms with E-state index in [1.807, 2.05) is 65.8 Å². The molecule has 1 rings (SSSR count). The Hall–Kier alpha value is -4.00. The van der Waals surface area contributed by atoms with Crippen LogP contribution in [0.2, 0.25) is 0 Å². The van der Waals surface area contributed by atoms with Crippen LogP contribution in [-0.4, -0.2) is 71.3 Å². The zero-order valence-electron chi connectivity index (χ0n) is 29.7. The molecule has 1 unspecified atom stereocenters. The Bertz CT molecular complexity index is 1210. The first kappa shape index (κ1) is 42.0. The third-order valence-electron chi connectivity index (χ3n) is 8.20. The molecule has 13 nitrogen and oxygen atoms in total. The quantitative estimate of drug-likeness (QED) is 0.0915. The molecule has 0 fully saturated rings. The standard InChI is InChI=1S/C35H58N6O7/c1-8-11-28(40-35(48)32(22(5)9-2)41-30(43)12-10-13-31(44)45)34(47)39-27(18-21(3)4)20-37-24(7)33(46)38-23(6)26-16-14-25(15-17-26)19-29(36)42/h14-17,21-24,27-28,32,37H,8-13,18-20H2,1-7H3,(H2,36,42)(H,38,46)(H,39,47)(H,40,48)(H,41,43)(H,44,45)/t22-,23?,24+,27+,28+,32+/m1/s1. The van der Waals surface area contributed by atoms with Crippen LogP contribution in [0.3, 0.4) is 0 Å². The van der Waals surface area contributed by atoms with Gasteiger partial charge in [-0.3, -0.25) is 28.8 Å². The summed E-state index contributed by atoms with van der Waals surface area (Å²) in [6.45, 7) is 13.6. The van der Waals surface area contributed by atoms with E-state index in [0.29, 0.717) is 32.2 Å². The second-order valence-corrected chi connectivity index (χ2v) is 13.1. The number of nitrogens with one attached hydrogen (secondary N) is 5. The lowest BCUT2D eigenvalue weighted by Gasteiger charge is -2.28. The fourth-order valence-electron chi connectivity index (χ4n) is 5.19. The van der Waals surface area contributed by atoms with Crippen molar-refractivity contribution in [2.24, 2.45) is 17.6 Å². The summed E-state index contributed by atoms with van der Waals surface area (Å²) in [5.74, 6) is -2.82. The van der Waals surface area contributed by atoms with Crippen LogP contribution in [0.5, 0.6) is 0 Å². The molecule has 0 saturated heterocycles. The molecule has 13 heteroatoms. The summed E-state index contributed by atoms with van der Waals surface area (Å²) in [4.78, 5) is 74.3. The SMILES string of the molecule is CCC[C@H](NC(=O)[C@@H](NC(=O)CCCC(=O)O)[C@H](C)CC)C(=O)N[C@H](CN[C@@H](C)C(=O)NC(C)c1ccc(CC(N)=O)cc1)CC(C)C. The number of carbonyl (C=O) groups excluding carboxylic acids is 5. The summed E-state index contributed by atoms with van der Waals surface area (Å²) in [5.41, 5.74) is 6.94. The van der Waals surface area contributed by atoms with E-state index in [9.17, 15) is 28.8 Å². The molecule has 1 aromatic carbocycles. The first-order valence-electron chi connectivity index (χ1n) is 17.1. The van der Waals surface area contributed by atoms with Gasteiger partial charge in [0.2, 0.25) is 29.5 Å². The average Bonchev–Trinajstić information content (AvgIpc) is 3.01. The molecule has 0 aliphatic carbocycles. The topological polar surface area (TPSA) is 209 Å². The van der Waals surface area contributed by atoms with Gasteiger partial charge in [-0.1, -0.05) is 71.7 Å². The Labute approximate surface area is 285 Å². The lowest BCUT2D eigenvalue weighted by molar-refractivity contribution is -0.137. The number of benzene rings is 1. The van der Waals surface area contributed by atoms with Crippen LogP contribution in [0.4, 0.5) is 0 Å². The van der Waals surface area contributed by atoms with Crippen molar-refractivity contribution in [3.05, 3.63) is 35.4 Å². The molecule has 48 heavy (non-hydrogen) atoms. The Morgan fingerprint density at radius 1 is 0.812 bits per heavy atom. The molecule has 0 radical (unpaired) electrons. The second-order valence-electron chi connectivity index (χ2n) is 13.1. The Kier molecular flexibility index (Phi) is 19.1. The van der Waals surface area contributed by atoms with Crippen molar-refractivity contribution < 1.29 is 33.9 Å². The summed E-state index contributed by atoms with van der Waals surface area (Å²) in [5, 5.41) is 23.7. The summed E-state index contributed by atoms with van der Waals surface area (Å²) in [6, 6.07) is 4.46. The van der Waals surface area contributed by atoms with Gasteiger partial charge in [-0.15, -0.1) is 0 Å². The highest BCUT2D eigenvalue weighted by Crippen LogP contribution is 2.15. The maximum absolute atomic E-state index is 13.5. The molecular formula is C35H58N6O7. The number of carboxylic acid groups (broad SMARTS) is 1. The van der Waals surface area contributed by atoms with Crippen molar-refractivity contribution >= 4 is 35.5 Å². The number of nitrogens with two attached hydrogens (primary N) is 1. The van der Waals surface area contributed by atoms with E-state index in [1.165, 1.54) is 0 Å². The van der Waals surface area contributed by atoms with Crippen LogP contribution in [0.15, 0.2) is 24.3 Å². The summed E-state index contributed by atoms with van der Waals surface area (Å²) < 4.78 is 0. The van der Waals surface area contributed by atoms with E-state index in [2.05, 4.69) is 26.6 Å². The molecule has 5 amide bonds. The summed E-state index contributed by atoms with van der Waals surface area (Å²) >= 11 is 0. The summed E-state index contributed by atoms with van der Waals surface area (Å²) in [6.07, 6.45) is 2.41. The van der Waals surface area contributed by atoms with E-state index in [4.69, 9.17) is 10.8 Å². The average molecular weight is 675 g/mol. The van der Waals surface area contributed by atoms with Gasteiger partial charge in [-0.25, -0.2) is 0 Å². The molecule has 0 aliphatic heterocycles. The molecule has 8 N–H and O–H groups in total. The fraction of sp³-hybridized carbons (Fsp3) is 0.657. The van der Waals surface area contributed by atoms with Crippen molar-refractivity contribution in [2.45, 2.75) is 130 Å². The fourth-order valence-corrected chi connectivity index (χ4v) is 5.19. The largest absolute Gasteiger partial charge is 0.481 e. The third-order valence-corrected chi connectivity index (χ3v) is 8.20. The van der Waals surface area contributed by atoms with Gasteiger partial charge in [-0.2, -0.15) is 0 Å². The number of carboxylic acids is 1. The van der Waals surface area contributed by atoms with E-state index < -0.39 is 41.8 Å². The predicted molar refractivity (Wildman–Crippen MR) is 184 cm³/mol. The molecule has 6 atom stereocenters. The highest BCUT2D eigenvalue weighted by Gasteiger charge is 2.30. The van der Waals surface area contributed by atoms with Crippen LogP contribution in [0.1, 0.15) is 111 Å². The van der Waals surface area contributed by atoms with Gasteiger partial charge < -0.3 is 37.4 Å². The Morgan fingerprint density at radius 3 is 2.00 bits per heavy atom. The van der Waals surface area contributed by atoms with E-state index in [0.717, 1.165) is 11.1 Å². The molecular weight excluding hydrogens is 616 g/mol. The molecule has 0 saturated carbocycles. The highest BCUT2D eigenvalue weighted by molar-refractivity contribution is 5.92. The Morgan fingerprint density at radius 2 is 1.46 bits per heavy atom. The molecule has 0 aliphatic rings. The van der Waals surface area contributed by atoms with Gasteiger partial charge in [0.15, 0.2) is 0 Å². The molecule has 0 aromatic heterocycles. The first-order chi connectivity index (χ1) is 22.6. The maximum Gasteiger partial charge on any atom is 0.303 e. The normalized spacial score (nSPS) is 14.9. The summed E-state index contributed by atoms with van der Waals surface area (Å²) in [7, 11) is 0. The van der Waals surface area contributed by atoms with Gasteiger partial charge in [0.1, 0.15) is 12.1 Å². The number of primary amides is 1. The number of hydrogen-bond acceptors (Lipinski definition) is 7. The number of hydrogen-bond donors (Lipinski definition) is 7. The molecule has 0 heterocycles. The van der Waals surface area contributed by atoms with Gasteiger partial charge >= 0.3 is 5.97 Å². The number of aliphatic carboxylic acids is 1. The van der Waals surface area contributed by atoms with Gasteiger partial charge in [0.05, 0.1) is 18.5 Å². The van der Waals surface area contributed by atoms with Crippen molar-refractivity contribution in [1.82, 2.24) is 26.6 Å². The van der Waals surface area contributed by atoms with Crippen LogP contribution in [0, 0.1) is 11.8 Å². The van der Waals surface area contributed by atoms with Crippen LogP contribution in [-0.2, 0) is 35.2 Å².